The van der Waals surface area contributed by atoms with Gasteiger partial charge in [-0.3, -0.25) is 0 Å². The van der Waals surface area contributed by atoms with Crippen molar-refractivity contribution < 1.29 is 9.53 Å². The second-order valence-corrected chi connectivity index (χ2v) is 9.27. The predicted molar refractivity (Wildman–Crippen MR) is 126 cm³/mol. The van der Waals surface area contributed by atoms with Crippen LogP contribution in [0.5, 0.6) is 5.75 Å². The second-order valence-electron chi connectivity index (χ2n) is 8.83. The predicted octanol–water partition coefficient (Wildman–Crippen LogP) is 5.52. The summed E-state index contributed by atoms with van der Waals surface area (Å²) in [6.07, 6.45) is 5.72. The highest BCUT2D eigenvalue weighted by Crippen LogP contribution is 2.32. The summed E-state index contributed by atoms with van der Waals surface area (Å²) in [6.45, 7) is 3.45. The van der Waals surface area contributed by atoms with Crippen molar-refractivity contribution in [3.63, 3.8) is 0 Å². The molecule has 0 aromatic heterocycles. The molecule has 5 nitrogen and oxygen atoms in total. The Morgan fingerprint density at radius 1 is 1.03 bits per heavy atom. The quantitative estimate of drug-likeness (QED) is 0.620. The minimum atomic E-state index is -0.125. The lowest BCUT2D eigenvalue weighted by Gasteiger charge is -2.33. The van der Waals surface area contributed by atoms with E-state index >= 15 is 0 Å². The van der Waals surface area contributed by atoms with E-state index in [9.17, 15) is 4.79 Å². The molecule has 166 valence electrons. The highest BCUT2D eigenvalue weighted by molar-refractivity contribution is 6.30. The largest absolute Gasteiger partial charge is 0.497 e. The molecule has 1 aliphatic carbocycles. The van der Waals surface area contributed by atoms with E-state index in [0.717, 1.165) is 48.9 Å². The van der Waals surface area contributed by atoms with Gasteiger partial charge in [-0.15, -0.1) is 0 Å². The minimum absolute atomic E-state index is 0.125. The second kappa shape index (κ2) is 10.4. The third kappa shape index (κ3) is 6.14. The van der Waals surface area contributed by atoms with E-state index in [1.54, 1.807) is 7.11 Å². The summed E-state index contributed by atoms with van der Waals surface area (Å²) >= 11 is 6.02. The van der Waals surface area contributed by atoms with Gasteiger partial charge in [0.25, 0.3) is 0 Å². The summed E-state index contributed by atoms with van der Waals surface area (Å²) in [5, 5.41) is 6.87. The molecule has 2 N–H and O–H groups in total. The molecule has 1 aliphatic heterocycles. The number of carbonyl (C=O) groups is 1. The van der Waals surface area contributed by atoms with Crippen LogP contribution in [0.4, 0.5) is 10.5 Å². The molecular weight excluding hydrogens is 410 g/mol. The van der Waals surface area contributed by atoms with Crippen molar-refractivity contribution in [3.8, 4) is 5.75 Å². The van der Waals surface area contributed by atoms with E-state index in [0.29, 0.717) is 11.8 Å². The summed E-state index contributed by atoms with van der Waals surface area (Å²) in [7, 11) is 1.63. The number of piperidine rings is 1. The zero-order valence-electron chi connectivity index (χ0n) is 18.1. The molecule has 0 spiro atoms. The minimum Gasteiger partial charge on any atom is -0.497 e. The van der Waals surface area contributed by atoms with Crippen molar-refractivity contribution in [2.24, 2.45) is 5.92 Å². The van der Waals surface area contributed by atoms with Crippen LogP contribution in [0.15, 0.2) is 48.5 Å². The Hall–Kier alpha value is -2.24. The third-order valence-corrected chi connectivity index (χ3v) is 6.92. The fourth-order valence-corrected chi connectivity index (χ4v) is 5.07. The van der Waals surface area contributed by atoms with Crippen molar-refractivity contribution in [1.82, 2.24) is 10.2 Å². The maximum atomic E-state index is 12.3. The molecule has 2 aromatic carbocycles. The maximum Gasteiger partial charge on any atom is 0.319 e. The van der Waals surface area contributed by atoms with E-state index in [1.807, 2.05) is 36.4 Å². The van der Waals surface area contributed by atoms with Gasteiger partial charge in [0.1, 0.15) is 5.75 Å². The Labute approximate surface area is 190 Å². The normalized spacial score (nSPS) is 22.3. The number of nitrogens with one attached hydrogen (secondary N) is 2. The highest BCUT2D eigenvalue weighted by Gasteiger charge is 2.29. The molecular formula is C25H32ClN3O2. The Bertz CT molecular complexity index is 848. The molecule has 2 fully saturated rings. The van der Waals surface area contributed by atoms with Crippen molar-refractivity contribution in [1.29, 1.82) is 0 Å². The highest BCUT2D eigenvalue weighted by atomic mass is 35.5. The molecule has 6 heteroatoms. The summed E-state index contributed by atoms with van der Waals surface area (Å²) < 4.78 is 5.15. The van der Waals surface area contributed by atoms with Crippen molar-refractivity contribution in [2.45, 2.75) is 44.1 Å². The van der Waals surface area contributed by atoms with Gasteiger partial charge in [-0.1, -0.05) is 23.7 Å². The Morgan fingerprint density at radius 3 is 2.42 bits per heavy atom. The molecule has 0 radical (unpaired) electrons. The first-order valence-electron chi connectivity index (χ1n) is 11.3. The summed E-state index contributed by atoms with van der Waals surface area (Å²) in [5.41, 5.74) is 2.19. The van der Waals surface area contributed by atoms with Crippen LogP contribution in [0.25, 0.3) is 0 Å². The number of amides is 2. The average molecular weight is 442 g/mol. The number of rotatable bonds is 6. The Balaban J connectivity index is 1.17. The molecule has 2 amide bonds. The Morgan fingerprint density at radius 2 is 1.74 bits per heavy atom. The Kier molecular flexibility index (Phi) is 7.36. The number of hydrogen-bond acceptors (Lipinski definition) is 3. The van der Waals surface area contributed by atoms with Gasteiger partial charge < -0.3 is 20.3 Å². The van der Waals surface area contributed by atoms with Gasteiger partial charge in [0.2, 0.25) is 0 Å². The van der Waals surface area contributed by atoms with Gasteiger partial charge >= 0.3 is 6.03 Å². The van der Waals surface area contributed by atoms with Crippen molar-refractivity contribution >= 4 is 23.3 Å². The number of methoxy groups -OCH3 is 1. The number of hydrogen-bond donors (Lipinski definition) is 2. The standard InChI is InChI=1S/C25H32ClN3O2/c1-31-24-10-8-22(9-11-24)27-25(30)28-23-7-2-18(16-23)17-29-14-12-20(13-15-29)19-3-5-21(26)6-4-19/h3-6,8-11,18,20,23H,2,7,12-17H2,1H3,(H2,27,28,30). The van der Waals surface area contributed by atoms with E-state index < -0.39 is 0 Å². The molecule has 2 atom stereocenters. The van der Waals surface area contributed by atoms with Crippen LogP contribution in [0.2, 0.25) is 5.02 Å². The molecule has 1 heterocycles. The number of anilines is 1. The number of likely N-dealkylation sites (tertiary alicyclic amines) is 1. The van der Waals surface area contributed by atoms with Crippen LogP contribution in [0.1, 0.15) is 43.6 Å². The van der Waals surface area contributed by atoms with E-state index in [2.05, 4.69) is 27.7 Å². The van der Waals surface area contributed by atoms with Crippen LogP contribution >= 0.6 is 11.6 Å². The van der Waals surface area contributed by atoms with Gasteiger partial charge in [-0.05, 0) is 99.0 Å². The molecule has 31 heavy (non-hydrogen) atoms. The van der Waals surface area contributed by atoms with Crippen LogP contribution in [-0.4, -0.2) is 43.7 Å². The topological polar surface area (TPSA) is 53.6 Å². The van der Waals surface area contributed by atoms with Crippen LogP contribution in [-0.2, 0) is 0 Å². The fourth-order valence-electron chi connectivity index (χ4n) is 4.95. The zero-order chi connectivity index (χ0) is 21.6. The lowest BCUT2D eigenvalue weighted by molar-refractivity contribution is 0.182. The SMILES string of the molecule is COc1ccc(NC(=O)NC2CCC(CN3CCC(c4ccc(Cl)cc4)CC3)C2)cc1. The van der Waals surface area contributed by atoms with Gasteiger partial charge in [0.15, 0.2) is 0 Å². The summed E-state index contributed by atoms with van der Waals surface area (Å²) in [4.78, 5) is 14.9. The first-order chi connectivity index (χ1) is 15.1. The smallest absolute Gasteiger partial charge is 0.319 e. The number of benzene rings is 2. The summed E-state index contributed by atoms with van der Waals surface area (Å²) in [6, 6.07) is 15.9. The zero-order valence-corrected chi connectivity index (χ0v) is 18.9. The van der Waals surface area contributed by atoms with Gasteiger partial charge in [-0.25, -0.2) is 4.79 Å². The molecule has 1 saturated heterocycles. The molecule has 0 bridgehead atoms. The monoisotopic (exact) mass is 441 g/mol. The molecule has 2 unspecified atom stereocenters. The molecule has 2 aliphatic rings. The number of halogens is 1. The van der Waals surface area contributed by atoms with E-state index in [4.69, 9.17) is 16.3 Å². The molecule has 4 rings (SSSR count). The average Bonchev–Trinajstić information content (AvgIpc) is 3.22. The van der Waals surface area contributed by atoms with Gasteiger partial charge in [0, 0.05) is 23.3 Å². The first-order valence-corrected chi connectivity index (χ1v) is 11.7. The maximum absolute atomic E-state index is 12.3. The van der Waals surface area contributed by atoms with Crippen LogP contribution in [0, 0.1) is 5.92 Å². The fraction of sp³-hybridized carbons (Fsp3) is 0.480. The number of carbonyl (C=O) groups excluding carboxylic acids is 1. The number of nitrogens with zero attached hydrogens (tertiary/aromatic N) is 1. The van der Waals surface area contributed by atoms with Gasteiger partial charge in [-0.2, -0.15) is 0 Å². The number of ether oxygens (including phenoxy) is 1. The van der Waals surface area contributed by atoms with Crippen LogP contribution in [0.3, 0.4) is 0 Å². The molecule has 2 aromatic rings. The van der Waals surface area contributed by atoms with Crippen molar-refractivity contribution in [3.05, 3.63) is 59.1 Å². The van der Waals surface area contributed by atoms with Crippen molar-refractivity contribution in [2.75, 3.05) is 32.1 Å². The van der Waals surface area contributed by atoms with Crippen LogP contribution < -0.4 is 15.4 Å². The number of urea groups is 1. The van der Waals surface area contributed by atoms with Gasteiger partial charge in [0.05, 0.1) is 7.11 Å². The van der Waals surface area contributed by atoms with E-state index in [1.165, 1.54) is 24.8 Å². The third-order valence-electron chi connectivity index (χ3n) is 6.67. The molecule has 1 saturated carbocycles. The van der Waals surface area contributed by atoms with E-state index in [-0.39, 0.29) is 12.1 Å². The summed E-state index contributed by atoms with van der Waals surface area (Å²) in [5.74, 6) is 2.09. The first kappa shape index (κ1) is 22.0. The lowest BCUT2D eigenvalue weighted by atomic mass is 9.89. The lowest BCUT2D eigenvalue weighted by Crippen LogP contribution is -2.38.